The Labute approximate surface area is 86.9 Å². The van der Waals surface area contributed by atoms with Crippen LogP contribution in [-0.4, -0.2) is 12.8 Å². The summed E-state index contributed by atoms with van der Waals surface area (Å²) in [6, 6.07) is 8.73. The van der Waals surface area contributed by atoms with Gasteiger partial charge in [-0.05, 0) is 30.4 Å². The molecule has 1 aromatic rings. The summed E-state index contributed by atoms with van der Waals surface area (Å²) in [4.78, 5) is 4.17. The maximum absolute atomic E-state index is 4.17. The molecule has 1 rings (SSSR count). The lowest BCUT2D eigenvalue weighted by Crippen LogP contribution is -1.96. The number of aliphatic imine (C=N–C) groups is 1. The van der Waals surface area contributed by atoms with Crippen molar-refractivity contribution in [3.63, 3.8) is 0 Å². The van der Waals surface area contributed by atoms with Gasteiger partial charge in [-0.3, -0.25) is 4.99 Å². The van der Waals surface area contributed by atoms with Gasteiger partial charge in [0.05, 0.1) is 0 Å². The third-order valence-corrected chi connectivity index (χ3v) is 2.85. The standard InChI is InChI=1S/C13H19N/c1-5-10(2)12-6-8-13(9-7-12)11(3)14-4/h6-10H,5H2,1-4H3. The van der Waals surface area contributed by atoms with E-state index < -0.39 is 0 Å². The highest BCUT2D eigenvalue weighted by atomic mass is 14.7. The lowest BCUT2D eigenvalue weighted by Gasteiger charge is -2.09. The molecule has 0 spiro atoms. The van der Waals surface area contributed by atoms with Crippen LogP contribution in [0, 0.1) is 0 Å². The molecule has 0 fully saturated rings. The monoisotopic (exact) mass is 189 g/mol. The molecular weight excluding hydrogens is 170 g/mol. The van der Waals surface area contributed by atoms with Crippen LogP contribution in [0.15, 0.2) is 29.3 Å². The molecule has 1 aromatic carbocycles. The van der Waals surface area contributed by atoms with Crippen molar-refractivity contribution in [3.8, 4) is 0 Å². The van der Waals surface area contributed by atoms with Crippen molar-refractivity contribution < 1.29 is 0 Å². The van der Waals surface area contributed by atoms with Crippen molar-refractivity contribution in [3.05, 3.63) is 35.4 Å². The molecule has 0 aliphatic heterocycles. The molecule has 0 N–H and O–H groups in total. The first kappa shape index (κ1) is 11.0. The first-order chi connectivity index (χ1) is 6.69. The van der Waals surface area contributed by atoms with E-state index in [9.17, 15) is 0 Å². The van der Waals surface area contributed by atoms with Crippen LogP contribution < -0.4 is 0 Å². The minimum Gasteiger partial charge on any atom is -0.293 e. The average molecular weight is 189 g/mol. The van der Waals surface area contributed by atoms with Crippen molar-refractivity contribution in [2.75, 3.05) is 7.05 Å². The maximum atomic E-state index is 4.17. The van der Waals surface area contributed by atoms with E-state index in [-0.39, 0.29) is 0 Å². The Kier molecular flexibility index (Phi) is 3.87. The molecule has 1 nitrogen and oxygen atoms in total. The number of benzene rings is 1. The predicted molar refractivity (Wildman–Crippen MR) is 63.3 cm³/mol. The van der Waals surface area contributed by atoms with Gasteiger partial charge in [-0.15, -0.1) is 0 Å². The van der Waals surface area contributed by atoms with Gasteiger partial charge in [0.2, 0.25) is 0 Å². The molecule has 1 unspecified atom stereocenters. The third kappa shape index (κ3) is 2.44. The second kappa shape index (κ2) is 4.94. The van der Waals surface area contributed by atoms with Gasteiger partial charge in [0.15, 0.2) is 0 Å². The molecule has 0 aromatic heterocycles. The van der Waals surface area contributed by atoms with Crippen LogP contribution in [0.3, 0.4) is 0 Å². The van der Waals surface area contributed by atoms with Crippen molar-refractivity contribution in [2.45, 2.75) is 33.1 Å². The minimum absolute atomic E-state index is 0.655. The van der Waals surface area contributed by atoms with E-state index >= 15 is 0 Å². The summed E-state index contributed by atoms with van der Waals surface area (Å²) in [5.41, 5.74) is 3.74. The van der Waals surface area contributed by atoms with Gasteiger partial charge in [0.25, 0.3) is 0 Å². The summed E-state index contributed by atoms with van der Waals surface area (Å²) in [7, 11) is 1.83. The van der Waals surface area contributed by atoms with E-state index in [2.05, 4.69) is 43.1 Å². The zero-order valence-electron chi connectivity index (χ0n) is 9.54. The Morgan fingerprint density at radius 3 is 2.29 bits per heavy atom. The number of hydrogen-bond acceptors (Lipinski definition) is 1. The normalized spacial score (nSPS) is 14.1. The highest BCUT2D eigenvalue weighted by Crippen LogP contribution is 2.18. The summed E-state index contributed by atoms with van der Waals surface area (Å²) < 4.78 is 0. The fourth-order valence-corrected chi connectivity index (χ4v) is 1.42. The molecule has 0 saturated carbocycles. The van der Waals surface area contributed by atoms with Crippen molar-refractivity contribution in [1.29, 1.82) is 0 Å². The Morgan fingerprint density at radius 2 is 1.86 bits per heavy atom. The Morgan fingerprint density at radius 1 is 1.29 bits per heavy atom. The second-order valence-electron chi connectivity index (χ2n) is 3.74. The zero-order chi connectivity index (χ0) is 10.6. The van der Waals surface area contributed by atoms with Crippen LogP contribution in [0.2, 0.25) is 0 Å². The molecule has 0 saturated heterocycles. The van der Waals surface area contributed by atoms with Crippen molar-refractivity contribution in [1.82, 2.24) is 0 Å². The van der Waals surface area contributed by atoms with Crippen LogP contribution in [0.1, 0.15) is 44.2 Å². The highest BCUT2D eigenvalue weighted by molar-refractivity contribution is 5.98. The Balaban J connectivity index is 2.89. The Hall–Kier alpha value is -1.11. The molecule has 1 atom stereocenters. The quantitative estimate of drug-likeness (QED) is 0.644. The van der Waals surface area contributed by atoms with Crippen LogP contribution in [0.25, 0.3) is 0 Å². The highest BCUT2D eigenvalue weighted by Gasteiger charge is 2.02. The van der Waals surface area contributed by atoms with Crippen LogP contribution >= 0.6 is 0 Å². The molecule has 76 valence electrons. The number of nitrogens with zero attached hydrogens (tertiary/aromatic N) is 1. The molecule has 1 heteroatoms. The SMILES string of the molecule is CCC(C)c1ccc(C(C)=NC)cc1. The molecule has 0 bridgehead atoms. The van der Waals surface area contributed by atoms with Gasteiger partial charge in [-0.25, -0.2) is 0 Å². The zero-order valence-corrected chi connectivity index (χ0v) is 9.54. The fourth-order valence-electron chi connectivity index (χ4n) is 1.42. The van der Waals surface area contributed by atoms with E-state index in [1.165, 1.54) is 17.5 Å². The van der Waals surface area contributed by atoms with Crippen molar-refractivity contribution >= 4 is 5.71 Å². The smallest absolute Gasteiger partial charge is 0.0386 e. The van der Waals surface area contributed by atoms with Gasteiger partial charge in [-0.2, -0.15) is 0 Å². The summed E-state index contributed by atoms with van der Waals surface area (Å²) in [6.07, 6.45) is 1.19. The van der Waals surface area contributed by atoms with Crippen LogP contribution in [0.5, 0.6) is 0 Å². The summed E-state index contributed by atoms with van der Waals surface area (Å²) in [6.45, 7) is 6.52. The molecule has 0 aliphatic carbocycles. The number of hydrogen-bond donors (Lipinski definition) is 0. The predicted octanol–water partition coefficient (Wildman–Crippen LogP) is 3.64. The molecular formula is C13H19N. The first-order valence-corrected chi connectivity index (χ1v) is 5.22. The summed E-state index contributed by atoms with van der Waals surface area (Å²) >= 11 is 0. The van der Waals surface area contributed by atoms with E-state index in [1.807, 2.05) is 14.0 Å². The molecule has 0 aliphatic rings. The van der Waals surface area contributed by atoms with E-state index in [4.69, 9.17) is 0 Å². The topological polar surface area (TPSA) is 12.4 Å². The summed E-state index contributed by atoms with van der Waals surface area (Å²) in [5, 5.41) is 0. The van der Waals surface area contributed by atoms with Gasteiger partial charge >= 0.3 is 0 Å². The number of rotatable bonds is 3. The van der Waals surface area contributed by atoms with E-state index in [0.29, 0.717) is 5.92 Å². The van der Waals surface area contributed by atoms with Crippen LogP contribution in [-0.2, 0) is 0 Å². The maximum Gasteiger partial charge on any atom is 0.0386 e. The third-order valence-electron chi connectivity index (χ3n) is 2.85. The minimum atomic E-state index is 0.655. The molecule has 0 radical (unpaired) electrons. The van der Waals surface area contributed by atoms with Crippen molar-refractivity contribution in [2.24, 2.45) is 4.99 Å². The largest absolute Gasteiger partial charge is 0.293 e. The van der Waals surface area contributed by atoms with Gasteiger partial charge in [0, 0.05) is 12.8 Å². The average Bonchev–Trinajstić information content (AvgIpc) is 2.27. The lowest BCUT2D eigenvalue weighted by molar-refractivity contribution is 0.733. The van der Waals surface area contributed by atoms with Gasteiger partial charge < -0.3 is 0 Å². The fraction of sp³-hybridized carbons (Fsp3) is 0.462. The lowest BCUT2D eigenvalue weighted by atomic mass is 9.97. The molecule has 0 heterocycles. The Bertz CT molecular complexity index is 309. The summed E-state index contributed by atoms with van der Waals surface area (Å²) in [5.74, 6) is 0.655. The van der Waals surface area contributed by atoms with Gasteiger partial charge in [0.1, 0.15) is 0 Å². The van der Waals surface area contributed by atoms with Crippen LogP contribution in [0.4, 0.5) is 0 Å². The van der Waals surface area contributed by atoms with E-state index in [1.54, 1.807) is 0 Å². The second-order valence-corrected chi connectivity index (χ2v) is 3.74. The van der Waals surface area contributed by atoms with E-state index in [0.717, 1.165) is 5.71 Å². The molecule has 14 heavy (non-hydrogen) atoms. The molecule has 0 amide bonds. The van der Waals surface area contributed by atoms with Gasteiger partial charge in [-0.1, -0.05) is 38.1 Å². The first-order valence-electron chi connectivity index (χ1n) is 5.22.